The molecule has 1 radical (unpaired) electrons. The summed E-state index contributed by atoms with van der Waals surface area (Å²) in [6.45, 7) is 0.0852. The highest BCUT2D eigenvalue weighted by Gasteiger charge is 2.33. The Morgan fingerprint density at radius 3 is 2.12 bits per heavy atom. The van der Waals surface area contributed by atoms with E-state index in [4.69, 9.17) is 10.5 Å². The predicted octanol–water partition coefficient (Wildman–Crippen LogP) is 3.43. The fraction of sp³-hybridized carbons (Fsp3) is 0.281. The quantitative estimate of drug-likeness (QED) is 0.287. The molecule has 0 heterocycles. The first-order valence-corrected chi connectivity index (χ1v) is 13.8. The first kappa shape index (κ1) is 30.3. The molecule has 3 aromatic rings. The van der Waals surface area contributed by atoms with Crippen LogP contribution in [0.3, 0.4) is 0 Å². The number of hydrogen-bond donors (Lipinski definition) is 3. The maximum atomic E-state index is 13.9. The lowest BCUT2D eigenvalue weighted by Gasteiger charge is -2.31. The Balaban J connectivity index is 1.48. The lowest BCUT2D eigenvalue weighted by molar-refractivity contribution is -0.130. The molecule has 0 aromatic heterocycles. The summed E-state index contributed by atoms with van der Waals surface area (Å²) in [5, 5.41) is 13.5. The van der Waals surface area contributed by atoms with Crippen molar-refractivity contribution in [3.05, 3.63) is 108 Å². The Labute approximate surface area is 245 Å². The molecule has 3 aromatic carbocycles. The van der Waals surface area contributed by atoms with E-state index in [1.807, 2.05) is 60.7 Å². The zero-order valence-electron chi connectivity index (χ0n) is 23.2. The molecule has 42 heavy (non-hydrogen) atoms. The molecule has 1 aliphatic rings. The third kappa shape index (κ3) is 9.45. The Kier molecular flexibility index (Phi) is 10.7. The van der Waals surface area contributed by atoms with Gasteiger partial charge >= 0.3 is 12.1 Å². The molecule has 0 aliphatic heterocycles. The molecule has 1 saturated carbocycles. The van der Waals surface area contributed by atoms with Crippen LogP contribution in [0, 0.1) is 12.3 Å². The van der Waals surface area contributed by atoms with E-state index in [0.29, 0.717) is 6.42 Å². The van der Waals surface area contributed by atoms with E-state index >= 15 is 0 Å². The number of rotatable bonds is 13. The van der Waals surface area contributed by atoms with Crippen molar-refractivity contribution in [3.8, 4) is 5.75 Å². The average molecular weight is 572 g/mol. The van der Waals surface area contributed by atoms with Gasteiger partial charge < -0.3 is 25.8 Å². The summed E-state index contributed by atoms with van der Waals surface area (Å²) in [5.74, 6) is -0.622. The van der Waals surface area contributed by atoms with Crippen molar-refractivity contribution in [2.75, 3.05) is 13.1 Å². The highest BCUT2D eigenvalue weighted by Crippen LogP contribution is 2.32. The summed E-state index contributed by atoms with van der Waals surface area (Å²) < 4.78 is 4.86. The minimum absolute atomic E-state index is 0.0680. The third-order valence-corrected chi connectivity index (χ3v) is 6.76. The van der Waals surface area contributed by atoms with Gasteiger partial charge in [0, 0.05) is 19.6 Å². The Bertz CT molecular complexity index is 1350. The number of nitrogens with zero attached hydrogens (tertiary/aromatic N) is 2. The maximum absolute atomic E-state index is 13.9. The number of carbonyl (C=O) groups is 4. The number of nitrogens with two attached hydrogens (primary N) is 1. The fourth-order valence-electron chi connectivity index (χ4n) is 4.32. The van der Waals surface area contributed by atoms with Crippen molar-refractivity contribution in [1.82, 2.24) is 15.1 Å². The van der Waals surface area contributed by atoms with E-state index in [1.54, 1.807) is 30.7 Å². The molecule has 5 amide bonds. The van der Waals surface area contributed by atoms with Crippen LogP contribution in [0.15, 0.2) is 84.9 Å². The van der Waals surface area contributed by atoms with Crippen molar-refractivity contribution < 1.29 is 29.0 Å². The van der Waals surface area contributed by atoms with Gasteiger partial charge in [0.25, 0.3) is 5.91 Å². The molecule has 0 bridgehead atoms. The highest BCUT2D eigenvalue weighted by atomic mass is 16.5. The Hall–Kier alpha value is -4.70. The maximum Gasteiger partial charge on any atom is 0.409 e. The fourth-order valence-corrected chi connectivity index (χ4v) is 4.32. The first-order valence-electron chi connectivity index (χ1n) is 13.8. The smallest absolute Gasteiger partial charge is 0.409 e. The Morgan fingerprint density at radius 2 is 1.52 bits per heavy atom. The van der Waals surface area contributed by atoms with Crippen LogP contribution in [0.5, 0.6) is 5.75 Å². The van der Waals surface area contributed by atoms with Crippen LogP contribution in [-0.2, 0) is 29.1 Å². The third-order valence-electron chi connectivity index (χ3n) is 6.76. The number of imide groups is 1. The van der Waals surface area contributed by atoms with Crippen molar-refractivity contribution in [2.45, 2.75) is 38.5 Å². The van der Waals surface area contributed by atoms with Gasteiger partial charge in [-0.2, -0.15) is 0 Å². The second kappa shape index (κ2) is 14.8. The van der Waals surface area contributed by atoms with E-state index in [9.17, 15) is 24.3 Å². The van der Waals surface area contributed by atoms with Crippen LogP contribution in [0.2, 0.25) is 0 Å². The molecule has 10 heteroatoms. The SMILES string of the molecule is NC(=O)Oc1ccc(CCN(C(=O)[CH]C2CC2)C(=O)N(Cc2ccccc2)C[C@H](O)C(=O)NCc2ccccc2)cc1. The second-order valence-electron chi connectivity index (χ2n) is 10.2. The molecule has 219 valence electrons. The average Bonchev–Trinajstić information content (AvgIpc) is 3.81. The van der Waals surface area contributed by atoms with Gasteiger partial charge in [0.2, 0.25) is 5.91 Å². The second-order valence-corrected chi connectivity index (χ2v) is 10.2. The van der Waals surface area contributed by atoms with Gasteiger partial charge in [0.15, 0.2) is 0 Å². The molecule has 4 rings (SSSR count). The molecule has 1 fully saturated rings. The largest absolute Gasteiger partial charge is 0.411 e. The van der Waals surface area contributed by atoms with E-state index in [0.717, 1.165) is 34.4 Å². The summed E-state index contributed by atoms with van der Waals surface area (Å²) in [6, 6.07) is 24.5. The van der Waals surface area contributed by atoms with Gasteiger partial charge in [-0.05, 0) is 54.0 Å². The normalized spacial score (nSPS) is 13.1. The number of hydrogen-bond acceptors (Lipinski definition) is 6. The van der Waals surface area contributed by atoms with Crippen molar-refractivity contribution in [3.63, 3.8) is 0 Å². The number of carbonyl (C=O) groups excluding carboxylic acids is 4. The minimum atomic E-state index is -1.51. The van der Waals surface area contributed by atoms with Crippen LogP contribution >= 0.6 is 0 Å². The lowest BCUT2D eigenvalue weighted by Crippen LogP contribution is -2.51. The molecule has 1 atom stereocenters. The van der Waals surface area contributed by atoms with Gasteiger partial charge in [0.05, 0.1) is 13.0 Å². The van der Waals surface area contributed by atoms with Crippen LogP contribution in [0.1, 0.15) is 29.5 Å². The van der Waals surface area contributed by atoms with E-state index < -0.39 is 30.0 Å². The van der Waals surface area contributed by atoms with Crippen LogP contribution in [0.25, 0.3) is 0 Å². The summed E-state index contributed by atoms with van der Waals surface area (Å²) in [4.78, 5) is 53.4. The lowest BCUT2D eigenvalue weighted by atomic mass is 10.1. The monoisotopic (exact) mass is 571 g/mol. The molecular formula is C32H35N4O6. The molecule has 0 spiro atoms. The number of nitrogens with one attached hydrogen (secondary N) is 1. The summed E-state index contributed by atoms with van der Waals surface area (Å²) >= 11 is 0. The topological polar surface area (TPSA) is 142 Å². The minimum Gasteiger partial charge on any atom is -0.411 e. The van der Waals surface area contributed by atoms with Gasteiger partial charge in [-0.3, -0.25) is 14.5 Å². The molecule has 10 nitrogen and oxygen atoms in total. The molecule has 0 unspecified atom stereocenters. The van der Waals surface area contributed by atoms with Gasteiger partial charge in [-0.1, -0.05) is 72.8 Å². The van der Waals surface area contributed by atoms with Crippen molar-refractivity contribution >= 4 is 23.9 Å². The predicted molar refractivity (Wildman–Crippen MR) is 156 cm³/mol. The zero-order chi connectivity index (χ0) is 29.9. The molecule has 1 aliphatic carbocycles. The standard InChI is InChI=1S/C32H35N4O6/c33-31(40)42-27-15-13-23(14-16-27)17-18-36(29(38)19-24-11-12-24)32(41)35(21-26-9-5-2-6-10-26)22-28(37)30(39)34-20-25-7-3-1-4-8-25/h1-10,13-16,19,24,28,37H,11-12,17-18,20-22H2,(H2,33,40)(H,34,39)/t28-/m0/s1. The number of aliphatic hydroxyl groups excluding tert-OH is 1. The first-order chi connectivity index (χ1) is 20.3. The number of benzene rings is 3. The number of amides is 5. The number of ether oxygens (including phenoxy) is 1. The zero-order valence-corrected chi connectivity index (χ0v) is 23.2. The summed E-state index contributed by atoms with van der Waals surface area (Å²) in [5.41, 5.74) is 7.52. The summed E-state index contributed by atoms with van der Waals surface area (Å²) in [7, 11) is 0. The van der Waals surface area contributed by atoms with Crippen LogP contribution in [-0.4, -0.2) is 58.0 Å². The number of urea groups is 1. The van der Waals surface area contributed by atoms with Gasteiger partial charge in [0.1, 0.15) is 11.9 Å². The molecule has 4 N–H and O–H groups in total. The molecular weight excluding hydrogens is 536 g/mol. The molecule has 0 saturated heterocycles. The Morgan fingerprint density at radius 1 is 0.905 bits per heavy atom. The van der Waals surface area contributed by atoms with E-state index in [2.05, 4.69) is 5.32 Å². The van der Waals surface area contributed by atoms with Crippen molar-refractivity contribution in [2.24, 2.45) is 11.7 Å². The van der Waals surface area contributed by atoms with E-state index in [1.165, 1.54) is 4.90 Å². The number of primary amides is 1. The van der Waals surface area contributed by atoms with Crippen LogP contribution in [0.4, 0.5) is 9.59 Å². The summed E-state index contributed by atoms with van der Waals surface area (Å²) in [6.07, 6.45) is 1.25. The van der Waals surface area contributed by atoms with Crippen molar-refractivity contribution in [1.29, 1.82) is 0 Å². The van der Waals surface area contributed by atoms with Crippen LogP contribution < -0.4 is 15.8 Å². The highest BCUT2D eigenvalue weighted by molar-refractivity contribution is 5.99. The van der Waals surface area contributed by atoms with Gasteiger partial charge in [-0.25, -0.2) is 9.59 Å². The van der Waals surface area contributed by atoms with Gasteiger partial charge in [-0.15, -0.1) is 0 Å². The van der Waals surface area contributed by atoms with E-state index in [-0.39, 0.29) is 37.8 Å². The number of aliphatic hydroxyl groups is 1.